The van der Waals surface area contributed by atoms with Gasteiger partial charge < -0.3 is 5.73 Å². The van der Waals surface area contributed by atoms with Crippen molar-refractivity contribution in [2.45, 2.75) is 6.92 Å². The molecule has 0 aliphatic carbocycles. The maximum Gasteiger partial charge on any atom is 0.127 e. The molecule has 2 N–H and O–H groups in total. The van der Waals surface area contributed by atoms with Gasteiger partial charge in [0.15, 0.2) is 0 Å². The van der Waals surface area contributed by atoms with E-state index in [0.29, 0.717) is 10.8 Å². The van der Waals surface area contributed by atoms with Crippen LogP contribution in [0.2, 0.25) is 5.02 Å². The zero-order chi connectivity index (χ0) is 15.0. The van der Waals surface area contributed by atoms with Crippen molar-refractivity contribution in [2.24, 2.45) is 0 Å². The minimum atomic E-state index is 0.577. The van der Waals surface area contributed by atoms with Crippen molar-refractivity contribution in [2.75, 3.05) is 5.73 Å². The highest BCUT2D eigenvalue weighted by Crippen LogP contribution is 2.26. The highest BCUT2D eigenvalue weighted by atomic mass is 79.9. The van der Waals surface area contributed by atoms with E-state index in [-0.39, 0.29) is 0 Å². The second-order valence-corrected chi connectivity index (χ2v) is 6.13. The Hall–Kier alpha value is -1.78. The number of hydrogen-bond acceptors (Lipinski definition) is 2. The Morgan fingerprint density at radius 3 is 2.48 bits per heavy atom. The van der Waals surface area contributed by atoms with Gasteiger partial charge in [-0.25, -0.2) is 4.68 Å². The number of nitrogens with two attached hydrogens (primary N) is 1. The predicted molar refractivity (Wildman–Crippen MR) is 90.9 cm³/mol. The van der Waals surface area contributed by atoms with E-state index in [0.717, 1.165) is 27.0 Å². The average molecular weight is 363 g/mol. The van der Waals surface area contributed by atoms with Gasteiger partial charge in [-0.15, -0.1) is 0 Å². The molecule has 0 bridgehead atoms. The second-order valence-electron chi connectivity index (χ2n) is 4.81. The molecule has 2 aromatic carbocycles. The van der Waals surface area contributed by atoms with Gasteiger partial charge >= 0.3 is 0 Å². The number of rotatable bonds is 2. The van der Waals surface area contributed by atoms with Crippen LogP contribution in [0.1, 0.15) is 5.56 Å². The molecule has 3 rings (SSSR count). The van der Waals surface area contributed by atoms with Crippen LogP contribution < -0.4 is 5.73 Å². The first-order chi connectivity index (χ1) is 10.0. The highest BCUT2D eigenvalue weighted by Gasteiger charge is 2.09. The quantitative estimate of drug-likeness (QED) is 0.708. The number of nitrogen functional groups attached to an aromatic ring is 1. The first kappa shape index (κ1) is 14.2. The van der Waals surface area contributed by atoms with E-state index in [9.17, 15) is 0 Å². The molecule has 0 atom stereocenters. The number of benzene rings is 2. The van der Waals surface area contributed by atoms with Crippen LogP contribution in [-0.2, 0) is 0 Å². The number of aromatic nitrogens is 2. The van der Waals surface area contributed by atoms with E-state index in [2.05, 4.69) is 21.0 Å². The van der Waals surface area contributed by atoms with Crippen molar-refractivity contribution in [3.63, 3.8) is 0 Å². The number of hydrogen-bond donors (Lipinski definition) is 1. The molecule has 0 spiro atoms. The van der Waals surface area contributed by atoms with Crippen LogP contribution >= 0.6 is 27.5 Å². The van der Waals surface area contributed by atoms with Crippen molar-refractivity contribution in [3.8, 4) is 16.9 Å². The Morgan fingerprint density at radius 2 is 1.81 bits per heavy atom. The third-order valence-corrected chi connectivity index (χ3v) is 4.21. The number of nitrogens with zero attached hydrogens (tertiary/aromatic N) is 2. The summed E-state index contributed by atoms with van der Waals surface area (Å²) in [7, 11) is 0. The Labute approximate surface area is 136 Å². The minimum absolute atomic E-state index is 0.577. The van der Waals surface area contributed by atoms with Crippen LogP contribution in [0.4, 0.5) is 5.82 Å². The van der Waals surface area contributed by atoms with Gasteiger partial charge in [0.1, 0.15) is 5.82 Å². The van der Waals surface area contributed by atoms with Gasteiger partial charge in [-0.2, -0.15) is 5.10 Å². The molecule has 0 fully saturated rings. The summed E-state index contributed by atoms with van der Waals surface area (Å²) < 4.78 is 2.73. The lowest BCUT2D eigenvalue weighted by atomic mass is 10.2. The number of anilines is 1. The lowest BCUT2D eigenvalue weighted by molar-refractivity contribution is 0.894. The summed E-state index contributed by atoms with van der Waals surface area (Å²) in [6.07, 6.45) is 0. The van der Waals surface area contributed by atoms with Crippen LogP contribution in [0.3, 0.4) is 0 Å². The third kappa shape index (κ3) is 2.82. The highest BCUT2D eigenvalue weighted by molar-refractivity contribution is 9.10. The monoisotopic (exact) mass is 361 g/mol. The van der Waals surface area contributed by atoms with Gasteiger partial charge in [0, 0.05) is 21.1 Å². The van der Waals surface area contributed by atoms with Crippen molar-refractivity contribution >= 4 is 33.3 Å². The SMILES string of the molecule is Cc1ccc(-n2nc(-c3ccc(Br)cc3)cc2N)cc1Cl. The molecule has 3 nitrogen and oxygen atoms in total. The molecule has 0 aliphatic rings. The van der Waals surface area contributed by atoms with Gasteiger partial charge in [0.05, 0.1) is 11.4 Å². The molecule has 3 aromatic rings. The molecule has 0 saturated carbocycles. The van der Waals surface area contributed by atoms with Crippen LogP contribution in [0.5, 0.6) is 0 Å². The molecule has 5 heteroatoms. The van der Waals surface area contributed by atoms with Crippen LogP contribution in [0, 0.1) is 6.92 Å². The van der Waals surface area contributed by atoms with E-state index >= 15 is 0 Å². The number of aryl methyl sites for hydroxylation is 1. The van der Waals surface area contributed by atoms with Crippen molar-refractivity contribution < 1.29 is 0 Å². The molecule has 1 heterocycles. The Balaban J connectivity index is 2.05. The van der Waals surface area contributed by atoms with Gasteiger partial charge in [-0.1, -0.05) is 45.7 Å². The smallest absolute Gasteiger partial charge is 0.127 e. The fourth-order valence-corrected chi connectivity index (χ4v) is 2.52. The fraction of sp³-hybridized carbons (Fsp3) is 0.0625. The van der Waals surface area contributed by atoms with Crippen LogP contribution in [0.15, 0.2) is 53.0 Å². The third-order valence-electron chi connectivity index (χ3n) is 3.28. The van der Waals surface area contributed by atoms with Crippen molar-refractivity contribution in [1.29, 1.82) is 0 Å². The van der Waals surface area contributed by atoms with Crippen LogP contribution in [0.25, 0.3) is 16.9 Å². The number of halogens is 2. The van der Waals surface area contributed by atoms with Gasteiger partial charge in [0.25, 0.3) is 0 Å². The van der Waals surface area contributed by atoms with E-state index < -0.39 is 0 Å². The van der Waals surface area contributed by atoms with E-state index in [4.69, 9.17) is 17.3 Å². The molecule has 0 aliphatic heterocycles. The minimum Gasteiger partial charge on any atom is -0.384 e. The molecule has 0 saturated heterocycles. The van der Waals surface area contributed by atoms with Crippen molar-refractivity contribution in [1.82, 2.24) is 9.78 Å². The molecular formula is C16H13BrClN3. The Kier molecular flexibility index (Phi) is 3.74. The van der Waals surface area contributed by atoms with E-state index in [1.807, 2.05) is 55.5 Å². The average Bonchev–Trinajstić information content (AvgIpc) is 2.85. The molecule has 0 amide bonds. The van der Waals surface area contributed by atoms with Crippen molar-refractivity contribution in [3.05, 3.63) is 63.6 Å². The summed E-state index contributed by atoms with van der Waals surface area (Å²) in [4.78, 5) is 0. The first-order valence-corrected chi connectivity index (χ1v) is 7.60. The summed E-state index contributed by atoms with van der Waals surface area (Å²) in [5.74, 6) is 0.577. The zero-order valence-electron chi connectivity index (χ0n) is 11.3. The standard InChI is InChI=1S/C16H13BrClN3/c1-10-2-7-13(8-14(10)18)21-16(19)9-15(20-21)11-3-5-12(17)6-4-11/h2-9H,19H2,1H3. The maximum absolute atomic E-state index is 6.17. The van der Waals surface area contributed by atoms with Gasteiger partial charge in [-0.05, 0) is 36.8 Å². The fourth-order valence-electron chi connectivity index (χ4n) is 2.08. The maximum atomic E-state index is 6.17. The molecule has 106 valence electrons. The molecule has 21 heavy (non-hydrogen) atoms. The first-order valence-electron chi connectivity index (χ1n) is 6.42. The summed E-state index contributed by atoms with van der Waals surface area (Å²) in [6, 6.07) is 15.6. The second kappa shape index (κ2) is 5.54. The normalized spacial score (nSPS) is 10.8. The summed E-state index contributed by atoms with van der Waals surface area (Å²) >= 11 is 9.59. The topological polar surface area (TPSA) is 43.8 Å². The Morgan fingerprint density at radius 1 is 1.10 bits per heavy atom. The molecule has 0 unspecified atom stereocenters. The lowest BCUT2D eigenvalue weighted by Gasteiger charge is -2.06. The largest absolute Gasteiger partial charge is 0.384 e. The summed E-state index contributed by atoms with van der Waals surface area (Å²) in [5.41, 5.74) is 9.80. The summed E-state index contributed by atoms with van der Waals surface area (Å²) in [5, 5.41) is 5.27. The Bertz CT molecular complexity index is 794. The van der Waals surface area contributed by atoms with Crippen LogP contribution in [-0.4, -0.2) is 9.78 Å². The van der Waals surface area contributed by atoms with Gasteiger partial charge in [0.2, 0.25) is 0 Å². The van der Waals surface area contributed by atoms with E-state index in [1.54, 1.807) is 4.68 Å². The zero-order valence-corrected chi connectivity index (χ0v) is 13.7. The molecule has 1 aromatic heterocycles. The summed E-state index contributed by atoms with van der Waals surface area (Å²) in [6.45, 7) is 1.96. The van der Waals surface area contributed by atoms with Gasteiger partial charge in [-0.3, -0.25) is 0 Å². The molecule has 0 radical (unpaired) electrons. The lowest BCUT2D eigenvalue weighted by Crippen LogP contribution is -2.01. The predicted octanol–water partition coefficient (Wildman–Crippen LogP) is 4.85. The molecular weight excluding hydrogens is 350 g/mol. The van der Waals surface area contributed by atoms with E-state index in [1.165, 1.54) is 0 Å².